The van der Waals surface area contributed by atoms with Gasteiger partial charge in [0, 0.05) is 16.1 Å². The number of aromatic nitrogens is 2. The van der Waals surface area contributed by atoms with Crippen molar-refractivity contribution in [3.63, 3.8) is 0 Å². The number of thiophene rings is 1. The lowest BCUT2D eigenvalue weighted by molar-refractivity contribution is 0.295. The van der Waals surface area contributed by atoms with E-state index >= 15 is 0 Å². The van der Waals surface area contributed by atoms with Crippen molar-refractivity contribution >= 4 is 37.5 Å². The molecule has 1 atom stereocenters. The first kappa shape index (κ1) is 17.1. The topological polar surface area (TPSA) is 41.0 Å². The third kappa shape index (κ3) is 3.68. The van der Waals surface area contributed by atoms with E-state index in [1.807, 2.05) is 0 Å². The van der Waals surface area contributed by atoms with Crippen LogP contribution in [0.4, 0.5) is 5.82 Å². The molecule has 0 aliphatic heterocycles. The Balaban J connectivity index is 1.71. The van der Waals surface area contributed by atoms with Crippen molar-refractivity contribution in [3.05, 3.63) is 30.6 Å². The average molecular weight is 343 g/mol. The maximum Gasteiger partial charge on any atom is 0.147 e. The van der Waals surface area contributed by atoms with Crippen molar-refractivity contribution in [3.8, 4) is 0 Å². The minimum atomic E-state index is 0.406. The number of hydrogen-bond donors (Lipinski definition) is 1. The number of rotatable bonds is 8. The number of anilines is 1. The Kier molecular flexibility index (Phi) is 5.63. The lowest BCUT2D eigenvalue weighted by Gasteiger charge is -2.20. The van der Waals surface area contributed by atoms with Crippen molar-refractivity contribution < 1.29 is 0 Å². The van der Waals surface area contributed by atoms with Crippen LogP contribution in [-0.4, -0.2) is 40.5 Å². The van der Waals surface area contributed by atoms with Crippen LogP contribution in [0.15, 0.2) is 30.6 Å². The van der Waals surface area contributed by atoms with Crippen LogP contribution >= 0.6 is 11.3 Å². The number of benzene rings is 1. The third-order valence-electron chi connectivity index (χ3n) is 4.55. The highest BCUT2D eigenvalue weighted by Gasteiger charge is 2.12. The van der Waals surface area contributed by atoms with Gasteiger partial charge in [0.15, 0.2) is 0 Å². The summed E-state index contributed by atoms with van der Waals surface area (Å²) in [5.74, 6) is 0.969. The van der Waals surface area contributed by atoms with Gasteiger partial charge in [0.25, 0.3) is 0 Å². The standard InChI is InChI=1S/C19H26N4S/c1-4-23(5-2)12-8-9-14(3)22-19-18-17(20-13-21-19)15-10-6-7-11-16(15)24-18/h6-7,10-11,13-14H,4-5,8-9,12H2,1-3H3,(H,20,21,22). The summed E-state index contributed by atoms with van der Waals surface area (Å²) >= 11 is 1.77. The van der Waals surface area contributed by atoms with Gasteiger partial charge < -0.3 is 10.2 Å². The first-order valence-corrected chi connectivity index (χ1v) is 9.65. The van der Waals surface area contributed by atoms with Crippen LogP contribution in [0.25, 0.3) is 20.3 Å². The summed E-state index contributed by atoms with van der Waals surface area (Å²) in [6, 6.07) is 8.84. The first-order valence-electron chi connectivity index (χ1n) is 8.84. The predicted octanol–water partition coefficient (Wildman–Crippen LogP) is 4.77. The van der Waals surface area contributed by atoms with E-state index in [1.54, 1.807) is 17.7 Å². The van der Waals surface area contributed by atoms with Crippen LogP contribution in [0.5, 0.6) is 0 Å². The minimum Gasteiger partial charge on any atom is -0.366 e. The van der Waals surface area contributed by atoms with Crippen molar-refractivity contribution in [2.75, 3.05) is 25.0 Å². The Bertz CT molecular complexity index is 794. The summed E-state index contributed by atoms with van der Waals surface area (Å²) in [7, 11) is 0. The molecule has 24 heavy (non-hydrogen) atoms. The van der Waals surface area contributed by atoms with Crippen LogP contribution in [0.1, 0.15) is 33.6 Å². The maximum atomic E-state index is 4.50. The van der Waals surface area contributed by atoms with Crippen molar-refractivity contribution in [1.82, 2.24) is 14.9 Å². The normalized spacial score (nSPS) is 13.0. The van der Waals surface area contributed by atoms with Crippen LogP contribution < -0.4 is 5.32 Å². The third-order valence-corrected chi connectivity index (χ3v) is 5.71. The van der Waals surface area contributed by atoms with Gasteiger partial charge in [0.2, 0.25) is 0 Å². The summed E-state index contributed by atoms with van der Waals surface area (Å²) < 4.78 is 2.43. The van der Waals surface area contributed by atoms with Crippen molar-refractivity contribution in [2.24, 2.45) is 0 Å². The van der Waals surface area contributed by atoms with Crippen LogP contribution in [-0.2, 0) is 0 Å². The zero-order valence-electron chi connectivity index (χ0n) is 14.7. The summed E-state index contributed by atoms with van der Waals surface area (Å²) in [4.78, 5) is 11.5. The second kappa shape index (κ2) is 7.90. The van der Waals surface area contributed by atoms with Gasteiger partial charge >= 0.3 is 0 Å². The zero-order valence-corrected chi connectivity index (χ0v) is 15.6. The summed E-state index contributed by atoms with van der Waals surface area (Å²) in [6.45, 7) is 10.1. The lowest BCUT2D eigenvalue weighted by Crippen LogP contribution is -2.25. The molecule has 1 aromatic carbocycles. The smallest absolute Gasteiger partial charge is 0.147 e. The summed E-state index contributed by atoms with van der Waals surface area (Å²) in [6.07, 6.45) is 4.02. The Morgan fingerprint density at radius 2 is 1.96 bits per heavy atom. The maximum absolute atomic E-state index is 4.50. The highest BCUT2D eigenvalue weighted by atomic mass is 32.1. The molecule has 0 saturated carbocycles. The molecule has 3 aromatic rings. The van der Waals surface area contributed by atoms with E-state index in [0.29, 0.717) is 6.04 Å². The molecule has 2 heterocycles. The summed E-state index contributed by atoms with van der Waals surface area (Å²) in [5.41, 5.74) is 1.06. The Morgan fingerprint density at radius 1 is 1.17 bits per heavy atom. The fourth-order valence-electron chi connectivity index (χ4n) is 3.09. The Hall–Kier alpha value is -1.72. The SMILES string of the molecule is CCN(CC)CCCC(C)Nc1ncnc2c1sc1ccccc12. The van der Waals surface area contributed by atoms with E-state index in [0.717, 1.165) is 35.5 Å². The monoisotopic (exact) mass is 342 g/mol. The molecule has 1 unspecified atom stereocenters. The molecule has 0 spiro atoms. The molecule has 0 fully saturated rings. The van der Waals surface area contributed by atoms with Gasteiger partial charge in [-0.2, -0.15) is 0 Å². The predicted molar refractivity (Wildman–Crippen MR) is 105 cm³/mol. The molecule has 5 heteroatoms. The van der Waals surface area contributed by atoms with E-state index in [2.05, 4.69) is 65.2 Å². The fourth-order valence-corrected chi connectivity index (χ4v) is 4.20. The number of hydrogen-bond acceptors (Lipinski definition) is 5. The average Bonchev–Trinajstić information content (AvgIpc) is 2.99. The minimum absolute atomic E-state index is 0.406. The van der Waals surface area contributed by atoms with Gasteiger partial charge in [-0.25, -0.2) is 9.97 Å². The fraction of sp³-hybridized carbons (Fsp3) is 0.474. The van der Waals surface area contributed by atoms with Crippen molar-refractivity contribution in [2.45, 2.75) is 39.7 Å². The molecule has 0 saturated heterocycles. The quantitative estimate of drug-likeness (QED) is 0.640. The molecular formula is C19H26N4S. The lowest BCUT2D eigenvalue weighted by atomic mass is 10.1. The van der Waals surface area contributed by atoms with E-state index < -0.39 is 0 Å². The Labute approximate surface area is 147 Å². The van der Waals surface area contributed by atoms with Gasteiger partial charge in [0.05, 0.1) is 10.2 Å². The Morgan fingerprint density at radius 3 is 2.75 bits per heavy atom. The zero-order chi connectivity index (χ0) is 16.9. The molecule has 3 rings (SSSR count). The molecule has 0 amide bonds. The molecule has 0 aliphatic rings. The van der Waals surface area contributed by atoms with Crippen LogP contribution in [0.3, 0.4) is 0 Å². The van der Waals surface area contributed by atoms with E-state index in [9.17, 15) is 0 Å². The van der Waals surface area contributed by atoms with Gasteiger partial charge in [-0.3, -0.25) is 0 Å². The van der Waals surface area contributed by atoms with E-state index in [-0.39, 0.29) is 0 Å². The molecule has 0 radical (unpaired) electrons. The number of fused-ring (bicyclic) bond motifs is 3. The van der Waals surface area contributed by atoms with E-state index in [4.69, 9.17) is 0 Å². The largest absolute Gasteiger partial charge is 0.366 e. The van der Waals surface area contributed by atoms with Gasteiger partial charge in [-0.05, 0) is 45.5 Å². The van der Waals surface area contributed by atoms with Crippen LogP contribution in [0.2, 0.25) is 0 Å². The van der Waals surface area contributed by atoms with Gasteiger partial charge in [0.1, 0.15) is 12.1 Å². The second-order valence-corrected chi connectivity index (χ2v) is 7.26. The number of nitrogens with one attached hydrogen (secondary N) is 1. The molecule has 2 aromatic heterocycles. The summed E-state index contributed by atoms with van der Waals surface area (Å²) in [5, 5.41) is 4.82. The first-order chi connectivity index (χ1) is 11.7. The molecule has 4 nitrogen and oxygen atoms in total. The molecule has 128 valence electrons. The van der Waals surface area contributed by atoms with Crippen LogP contribution in [0, 0.1) is 0 Å². The van der Waals surface area contributed by atoms with E-state index in [1.165, 1.54) is 23.1 Å². The molecule has 1 N–H and O–H groups in total. The second-order valence-electron chi connectivity index (χ2n) is 6.21. The number of nitrogens with zero attached hydrogens (tertiary/aromatic N) is 3. The highest BCUT2D eigenvalue weighted by molar-refractivity contribution is 7.26. The van der Waals surface area contributed by atoms with Gasteiger partial charge in [-0.15, -0.1) is 11.3 Å². The van der Waals surface area contributed by atoms with Crippen molar-refractivity contribution in [1.29, 1.82) is 0 Å². The molecule has 0 bridgehead atoms. The molecule has 0 aliphatic carbocycles. The molecular weight excluding hydrogens is 316 g/mol. The van der Waals surface area contributed by atoms with Gasteiger partial charge in [-0.1, -0.05) is 32.0 Å². The highest BCUT2D eigenvalue weighted by Crippen LogP contribution is 2.35.